The molecular weight excluding hydrogens is 431 g/mol. The summed E-state index contributed by atoms with van der Waals surface area (Å²) in [5, 5.41) is 0.483. The van der Waals surface area contributed by atoms with Crippen LogP contribution < -0.4 is 4.90 Å². The van der Waals surface area contributed by atoms with Gasteiger partial charge in [0.25, 0.3) is 11.8 Å². The molecule has 7 heteroatoms. The maximum atomic E-state index is 13.4. The zero-order valence-corrected chi connectivity index (χ0v) is 18.1. The zero-order chi connectivity index (χ0) is 22.8. The summed E-state index contributed by atoms with van der Waals surface area (Å²) in [5.74, 6) is -1.80. The van der Waals surface area contributed by atoms with Crippen LogP contribution in [0, 0.1) is 12.7 Å². The van der Waals surface area contributed by atoms with Crippen molar-refractivity contribution in [2.45, 2.75) is 25.9 Å². The molecule has 0 aromatic heterocycles. The fourth-order valence-corrected chi connectivity index (χ4v) is 3.82. The summed E-state index contributed by atoms with van der Waals surface area (Å²) in [6, 6.07) is 18.1. The van der Waals surface area contributed by atoms with Crippen LogP contribution in [0.2, 0.25) is 5.02 Å². The van der Waals surface area contributed by atoms with Crippen molar-refractivity contribution in [3.8, 4) is 0 Å². The van der Waals surface area contributed by atoms with Crippen LogP contribution in [-0.4, -0.2) is 28.7 Å². The molecular formula is C25H20ClFN2O3. The van der Waals surface area contributed by atoms with Crippen LogP contribution >= 0.6 is 11.6 Å². The van der Waals surface area contributed by atoms with Gasteiger partial charge in [-0.2, -0.15) is 0 Å². The quantitative estimate of drug-likeness (QED) is 0.526. The number of nitrogens with zero attached hydrogens (tertiary/aromatic N) is 2. The average molecular weight is 451 g/mol. The molecule has 0 bridgehead atoms. The molecule has 32 heavy (non-hydrogen) atoms. The minimum absolute atomic E-state index is 0.134. The highest BCUT2D eigenvalue weighted by Gasteiger charge is 2.44. The van der Waals surface area contributed by atoms with Crippen molar-refractivity contribution in [2.24, 2.45) is 0 Å². The lowest BCUT2D eigenvalue weighted by molar-refractivity contribution is -0.122. The van der Waals surface area contributed by atoms with Gasteiger partial charge in [0.2, 0.25) is 5.91 Å². The number of imide groups is 1. The lowest BCUT2D eigenvalue weighted by Crippen LogP contribution is -2.45. The van der Waals surface area contributed by atoms with Gasteiger partial charge in [-0.3, -0.25) is 14.4 Å². The van der Waals surface area contributed by atoms with Crippen molar-refractivity contribution in [1.82, 2.24) is 4.90 Å². The molecule has 1 heterocycles. The molecule has 1 aliphatic rings. The molecule has 1 fully saturated rings. The highest BCUT2D eigenvalue weighted by atomic mass is 35.5. The molecule has 1 unspecified atom stereocenters. The first-order valence-corrected chi connectivity index (χ1v) is 10.5. The van der Waals surface area contributed by atoms with Crippen LogP contribution in [0.15, 0.2) is 72.8 Å². The van der Waals surface area contributed by atoms with Gasteiger partial charge in [0.1, 0.15) is 11.9 Å². The molecule has 0 saturated carbocycles. The first-order valence-electron chi connectivity index (χ1n) is 10.1. The molecule has 4 rings (SSSR count). The third-order valence-corrected chi connectivity index (χ3v) is 5.66. The normalized spacial score (nSPS) is 15.8. The van der Waals surface area contributed by atoms with Gasteiger partial charge < -0.3 is 4.90 Å². The Morgan fingerprint density at radius 1 is 1.00 bits per heavy atom. The highest BCUT2D eigenvalue weighted by Crippen LogP contribution is 2.28. The van der Waals surface area contributed by atoms with Crippen molar-refractivity contribution >= 4 is 35.0 Å². The number of anilines is 1. The van der Waals surface area contributed by atoms with Crippen LogP contribution in [0.25, 0.3) is 0 Å². The molecule has 0 radical (unpaired) electrons. The van der Waals surface area contributed by atoms with Crippen LogP contribution in [0.1, 0.15) is 27.9 Å². The Morgan fingerprint density at radius 3 is 2.25 bits per heavy atom. The molecule has 1 saturated heterocycles. The Bertz CT molecular complexity index is 1160. The lowest BCUT2D eigenvalue weighted by Gasteiger charge is -2.28. The van der Waals surface area contributed by atoms with E-state index in [1.807, 2.05) is 31.2 Å². The Balaban J connectivity index is 1.68. The van der Waals surface area contributed by atoms with E-state index >= 15 is 0 Å². The molecule has 5 nitrogen and oxygen atoms in total. The second-order valence-corrected chi connectivity index (χ2v) is 8.13. The topological polar surface area (TPSA) is 57.7 Å². The largest absolute Gasteiger partial charge is 0.322 e. The maximum Gasteiger partial charge on any atom is 0.257 e. The molecule has 3 amide bonds. The van der Waals surface area contributed by atoms with Gasteiger partial charge in [0.05, 0.1) is 12.1 Å². The third kappa shape index (κ3) is 4.41. The summed E-state index contributed by atoms with van der Waals surface area (Å²) >= 11 is 5.92. The monoisotopic (exact) mass is 450 g/mol. The third-order valence-electron chi connectivity index (χ3n) is 5.41. The van der Waals surface area contributed by atoms with Gasteiger partial charge in [-0.05, 0) is 61.0 Å². The first-order chi connectivity index (χ1) is 15.3. The number of halogens is 2. The van der Waals surface area contributed by atoms with Crippen molar-refractivity contribution in [2.75, 3.05) is 4.90 Å². The predicted molar refractivity (Wildman–Crippen MR) is 120 cm³/mol. The highest BCUT2D eigenvalue weighted by molar-refractivity contribution is 6.31. The number of aryl methyl sites for hydroxylation is 1. The summed E-state index contributed by atoms with van der Waals surface area (Å²) in [4.78, 5) is 41.9. The Labute approximate surface area is 190 Å². The van der Waals surface area contributed by atoms with E-state index in [1.165, 1.54) is 29.2 Å². The van der Waals surface area contributed by atoms with Crippen molar-refractivity contribution in [3.63, 3.8) is 0 Å². The zero-order valence-electron chi connectivity index (χ0n) is 17.3. The second kappa shape index (κ2) is 8.93. The average Bonchev–Trinajstić information content (AvgIpc) is 3.08. The van der Waals surface area contributed by atoms with Gasteiger partial charge in [0, 0.05) is 17.1 Å². The number of hydrogen-bond donors (Lipinski definition) is 0. The molecule has 1 atom stereocenters. The molecule has 0 N–H and O–H groups in total. The van der Waals surface area contributed by atoms with Crippen LogP contribution in [0.4, 0.5) is 10.1 Å². The second-order valence-electron chi connectivity index (χ2n) is 7.69. The molecule has 162 valence electrons. The Hall–Kier alpha value is -3.51. The standard InChI is InChI=1S/C25H20ClFN2O3/c1-16-2-4-17(5-3-16)15-28(24(31)18-6-10-20(27)11-7-18)22-14-23(30)29(25(22)32)21-12-8-19(26)9-13-21/h2-13,22H,14-15H2,1H3. The minimum atomic E-state index is -0.975. The van der Waals surface area contributed by atoms with Crippen molar-refractivity contribution in [1.29, 1.82) is 0 Å². The van der Waals surface area contributed by atoms with Gasteiger partial charge in [0.15, 0.2) is 0 Å². The molecule has 3 aromatic carbocycles. The SMILES string of the molecule is Cc1ccc(CN(C(=O)c2ccc(F)cc2)C2CC(=O)N(c3ccc(Cl)cc3)C2=O)cc1. The number of rotatable bonds is 5. The number of carbonyl (C=O) groups is 3. The minimum Gasteiger partial charge on any atom is -0.322 e. The smallest absolute Gasteiger partial charge is 0.257 e. The number of carbonyl (C=O) groups excluding carboxylic acids is 3. The predicted octanol–water partition coefficient (Wildman–Crippen LogP) is 4.76. The van der Waals surface area contributed by atoms with Crippen molar-refractivity contribution < 1.29 is 18.8 Å². The lowest BCUT2D eigenvalue weighted by atomic mass is 10.1. The summed E-state index contributed by atoms with van der Waals surface area (Å²) in [7, 11) is 0. The van der Waals surface area contributed by atoms with Crippen LogP contribution in [-0.2, 0) is 16.1 Å². The van der Waals surface area contributed by atoms with Gasteiger partial charge in [-0.1, -0.05) is 41.4 Å². The van der Waals surface area contributed by atoms with E-state index in [1.54, 1.807) is 24.3 Å². The van der Waals surface area contributed by atoms with Crippen LogP contribution in [0.5, 0.6) is 0 Å². The fourth-order valence-electron chi connectivity index (χ4n) is 3.69. The van der Waals surface area contributed by atoms with E-state index in [0.29, 0.717) is 10.7 Å². The molecule has 0 aliphatic carbocycles. The summed E-state index contributed by atoms with van der Waals surface area (Å²) < 4.78 is 13.4. The molecule has 0 spiro atoms. The van der Waals surface area contributed by atoms with E-state index in [0.717, 1.165) is 16.0 Å². The van der Waals surface area contributed by atoms with E-state index < -0.39 is 29.6 Å². The van der Waals surface area contributed by atoms with E-state index in [9.17, 15) is 18.8 Å². The van der Waals surface area contributed by atoms with Gasteiger partial charge in [-0.25, -0.2) is 9.29 Å². The Kier molecular flexibility index (Phi) is 6.06. The Morgan fingerprint density at radius 2 is 1.62 bits per heavy atom. The summed E-state index contributed by atoms with van der Waals surface area (Å²) in [6.45, 7) is 2.09. The van der Waals surface area contributed by atoms with Crippen molar-refractivity contribution in [3.05, 3.63) is 100 Å². The summed E-state index contributed by atoms with van der Waals surface area (Å²) in [6.07, 6.45) is -0.139. The van der Waals surface area contributed by atoms with E-state index in [2.05, 4.69) is 0 Å². The maximum absolute atomic E-state index is 13.4. The van der Waals surface area contributed by atoms with Crippen LogP contribution in [0.3, 0.4) is 0 Å². The van der Waals surface area contributed by atoms with E-state index in [4.69, 9.17) is 11.6 Å². The van der Waals surface area contributed by atoms with Gasteiger partial charge >= 0.3 is 0 Å². The molecule has 3 aromatic rings. The number of amides is 3. The summed E-state index contributed by atoms with van der Waals surface area (Å²) in [5.41, 5.74) is 2.52. The van der Waals surface area contributed by atoms with E-state index in [-0.39, 0.29) is 18.5 Å². The first kappa shape index (κ1) is 21.7. The van der Waals surface area contributed by atoms with Gasteiger partial charge in [-0.15, -0.1) is 0 Å². The number of benzene rings is 3. The number of hydrogen-bond acceptors (Lipinski definition) is 3. The molecule has 1 aliphatic heterocycles. The fraction of sp³-hybridized carbons (Fsp3) is 0.160.